The fraction of sp³-hybridized carbons (Fsp3) is 0.667. The van der Waals surface area contributed by atoms with E-state index in [9.17, 15) is 0 Å². The first-order valence-electron chi connectivity index (χ1n) is 8.22. The molecule has 1 aromatic rings. The third-order valence-corrected chi connectivity index (χ3v) is 4.73. The molecule has 0 radical (unpaired) electrons. The molecular formula is C18H30N2. The van der Waals surface area contributed by atoms with Crippen molar-refractivity contribution in [2.75, 3.05) is 13.1 Å². The lowest BCUT2D eigenvalue weighted by atomic mass is 9.78. The van der Waals surface area contributed by atoms with Crippen LogP contribution in [0.5, 0.6) is 0 Å². The Labute approximate surface area is 124 Å². The molecule has 2 nitrogen and oxygen atoms in total. The van der Waals surface area contributed by atoms with Crippen molar-refractivity contribution in [2.24, 2.45) is 17.6 Å². The van der Waals surface area contributed by atoms with Crippen LogP contribution >= 0.6 is 0 Å². The van der Waals surface area contributed by atoms with Gasteiger partial charge in [-0.05, 0) is 49.8 Å². The van der Waals surface area contributed by atoms with Gasteiger partial charge >= 0.3 is 0 Å². The van der Waals surface area contributed by atoms with Crippen molar-refractivity contribution in [3.8, 4) is 0 Å². The van der Waals surface area contributed by atoms with Crippen molar-refractivity contribution in [2.45, 2.75) is 52.1 Å². The van der Waals surface area contributed by atoms with E-state index in [4.69, 9.17) is 5.73 Å². The molecule has 1 saturated carbocycles. The Kier molecular flexibility index (Phi) is 6.06. The Morgan fingerprint density at radius 1 is 1.20 bits per heavy atom. The summed E-state index contributed by atoms with van der Waals surface area (Å²) >= 11 is 0. The largest absolute Gasteiger partial charge is 0.330 e. The minimum Gasteiger partial charge on any atom is -0.330 e. The van der Waals surface area contributed by atoms with Gasteiger partial charge < -0.3 is 5.73 Å². The van der Waals surface area contributed by atoms with Gasteiger partial charge in [-0.2, -0.15) is 0 Å². The van der Waals surface area contributed by atoms with Crippen molar-refractivity contribution in [1.82, 2.24) is 4.90 Å². The quantitative estimate of drug-likeness (QED) is 0.857. The highest BCUT2D eigenvalue weighted by atomic mass is 15.2. The molecular weight excluding hydrogens is 244 g/mol. The Balaban J connectivity index is 2.09. The van der Waals surface area contributed by atoms with Crippen LogP contribution in [0.1, 0.15) is 45.1 Å². The van der Waals surface area contributed by atoms with E-state index in [0.29, 0.717) is 12.0 Å². The monoisotopic (exact) mass is 274 g/mol. The summed E-state index contributed by atoms with van der Waals surface area (Å²) in [5, 5.41) is 0. The van der Waals surface area contributed by atoms with Crippen LogP contribution in [-0.2, 0) is 6.54 Å². The zero-order valence-electron chi connectivity index (χ0n) is 13.1. The summed E-state index contributed by atoms with van der Waals surface area (Å²) in [4.78, 5) is 2.68. The van der Waals surface area contributed by atoms with Crippen molar-refractivity contribution in [1.29, 1.82) is 0 Å². The summed E-state index contributed by atoms with van der Waals surface area (Å²) < 4.78 is 0. The number of nitrogens with zero attached hydrogens (tertiary/aromatic N) is 1. The Morgan fingerprint density at radius 3 is 2.60 bits per heavy atom. The number of hydrogen-bond donors (Lipinski definition) is 1. The molecule has 0 aliphatic heterocycles. The maximum atomic E-state index is 6.04. The number of rotatable bonds is 6. The average Bonchev–Trinajstić information content (AvgIpc) is 2.48. The summed E-state index contributed by atoms with van der Waals surface area (Å²) in [5.74, 6) is 1.53. The highest BCUT2D eigenvalue weighted by Crippen LogP contribution is 2.32. The molecule has 112 valence electrons. The Morgan fingerprint density at radius 2 is 1.95 bits per heavy atom. The van der Waals surface area contributed by atoms with E-state index >= 15 is 0 Å². The Hall–Kier alpha value is -0.860. The van der Waals surface area contributed by atoms with Gasteiger partial charge in [0.05, 0.1) is 0 Å². The molecule has 0 bridgehead atoms. The first-order chi connectivity index (χ1) is 9.74. The summed E-state index contributed by atoms with van der Waals surface area (Å²) in [5.41, 5.74) is 7.47. The van der Waals surface area contributed by atoms with Crippen LogP contribution in [-0.4, -0.2) is 24.0 Å². The van der Waals surface area contributed by atoms with Crippen LogP contribution in [0.25, 0.3) is 0 Å². The molecule has 0 heterocycles. The fourth-order valence-electron chi connectivity index (χ4n) is 3.60. The zero-order valence-corrected chi connectivity index (χ0v) is 13.1. The maximum Gasteiger partial charge on any atom is 0.0236 e. The van der Waals surface area contributed by atoms with E-state index in [1.165, 1.54) is 37.8 Å². The standard InChI is InChI=1S/C18H30N2/c1-3-11-20(14-16-7-5-4-6-8-16)18-12-15(2)9-10-17(18)13-19/h4-8,15,17-18H,3,9-14,19H2,1-2H3. The predicted molar refractivity (Wildman–Crippen MR) is 86.5 cm³/mol. The van der Waals surface area contributed by atoms with Crippen LogP contribution in [0.4, 0.5) is 0 Å². The third kappa shape index (κ3) is 4.07. The molecule has 2 N–H and O–H groups in total. The molecule has 1 aliphatic rings. The molecule has 0 spiro atoms. The van der Waals surface area contributed by atoms with E-state index in [0.717, 1.165) is 19.0 Å². The molecule has 0 saturated heterocycles. The lowest BCUT2D eigenvalue weighted by molar-refractivity contribution is 0.0794. The molecule has 20 heavy (non-hydrogen) atoms. The normalized spacial score (nSPS) is 26.9. The van der Waals surface area contributed by atoms with Crippen molar-refractivity contribution >= 4 is 0 Å². The topological polar surface area (TPSA) is 29.3 Å². The molecule has 1 aromatic carbocycles. The van der Waals surface area contributed by atoms with Crippen molar-refractivity contribution < 1.29 is 0 Å². The molecule has 0 amide bonds. The zero-order chi connectivity index (χ0) is 14.4. The van der Waals surface area contributed by atoms with Crippen LogP contribution in [0, 0.1) is 11.8 Å². The minimum atomic E-state index is 0.670. The molecule has 2 rings (SSSR count). The second-order valence-electron chi connectivity index (χ2n) is 6.44. The van der Waals surface area contributed by atoms with Gasteiger partial charge in [-0.1, -0.05) is 50.6 Å². The lowest BCUT2D eigenvalue weighted by Crippen LogP contribution is -2.46. The Bertz CT molecular complexity index is 376. The van der Waals surface area contributed by atoms with Gasteiger partial charge in [0.25, 0.3) is 0 Å². The summed E-state index contributed by atoms with van der Waals surface area (Å²) in [6.45, 7) is 7.77. The highest BCUT2D eigenvalue weighted by Gasteiger charge is 2.31. The van der Waals surface area contributed by atoms with Gasteiger partial charge in [0.15, 0.2) is 0 Å². The first kappa shape index (κ1) is 15.5. The summed E-state index contributed by atoms with van der Waals surface area (Å²) in [6.07, 6.45) is 5.19. The predicted octanol–water partition coefficient (Wildman–Crippen LogP) is 3.66. The molecule has 0 aromatic heterocycles. The van der Waals surface area contributed by atoms with Gasteiger partial charge in [0.1, 0.15) is 0 Å². The average molecular weight is 274 g/mol. The van der Waals surface area contributed by atoms with Gasteiger partial charge in [-0.15, -0.1) is 0 Å². The molecule has 1 aliphatic carbocycles. The second kappa shape index (κ2) is 7.80. The van der Waals surface area contributed by atoms with Gasteiger partial charge in [0.2, 0.25) is 0 Å². The van der Waals surface area contributed by atoms with E-state index < -0.39 is 0 Å². The number of hydrogen-bond acceptors (Lipinski definition) is 2. The third-order valence-electron chi connectivity index (χ3n) is 4.73. The summed E-state index contributed by atoms with van der Waals surface area (Å²) in [6, 6.07) is 11.5. The smallest absolute Gasteiger partial charge is 0.0236 e. The summed E-state index contributed by atoms with van der Waals surface area (Å²) in [7, 11) is 0. The van der Waals surface area contributed by atoms with Crippen LogP contribution in [0.3, 0.4) is 0 Å². The molecule has 1 fully saturated rings. The van der Waals surface area contributed by atoms with Crippen molar-refractivity contribution in [3.63, 3.8) is 0 Å². The van der Waals surface area contributed by atoms with Crippen molar-refractivity contribution in [3.05, 3.63) is 35.9 Å². The number of benzene rings is 1. The van der Waals surface area contributed by atoms with Gasteiger partial charge in [-0.3, -0.25) is 4.90 Å². The van der Waals surface area contributed by atoms with E-state index in [1.807, 2.05) is 0 Å². The van der Waals surface area contributed by atoms with Gasteiger partial charge in [-0.25, -0.2) is 0 Å². The lowest BCUT2D eigenvalue weighted by Gasteiger charge is -2.42. The van der Waals surface area contributed by atoms with Crippen LogP contribution in [0.2, 0.25) is 0 Å². The van der Waals surface area contributed by atoms with E-state index in [1.54, 1.807) is 0 Å². The van der Waals surface area contributed by atoms with Crippen LogP contribution < -0.4 is 5.73 Å². The first-order valence-corrected chi connectivity index (χ1v) is 8.22. The van der Waals surface area contributed by atoms with Crippen LogP contribution in [0.15, 0.2) is 30.3 Å². The number of nitrogens with two attached hydrogens (primary N) is 1. The maximum absolute atomic E-state index is 6.04. The SMILES string of the molecule is CCCN(Cc1ccccc1)C1CC(C)CCC1CN. The molecule has 3 atom stereocenters. The minimum absolute atomic E-state index is 0.670. The highest BCUT2D eigenvalue weighted by molar-refractivity contribution is 5.14. The van der Waals surface area contributed by atoms with E-state index in [-0.39, 0.29) is 0 Å². The molecule has 3 unspecified atom stereocenters. The van der Waals surface area contributed by atoms with E-state index in [2.05, 4.69) is 49.1 Å². The van der Waals surface area contributed by atoms with Gasteiger partial charge in [0, 0.05) is 12.6 Å². The second-order valence-corrected chi connectivity index (χ2v) is 6.44. The fourth-order valence-corrected chi connectivity index (χ4v) is 3.60. The molecule has 2 heteroatoms.